The van der Waals surface area contributed by atoms with Gasteiger partial charge in [-0.15, -0.1) is 0 Å². The summed E-state index contributed by atoms with van der Waals surface area (Å²) in [5.41, 5.74) is 5.12. The third-order valence-electron chi connectivity index (χ3n) is 5.51. The maximum atomic E-state index is 13.3. The molecular formula is C23H18BrClN2O. The number of hydrogen-bond acceptors (Lipinski definition) is 3. The number of hydrogen-bond donors (Lipinski definition) is 1. The fourth-order valence-electron chi connectivity index (χ4n) is 4.18. The number of dihydropyridines is 1. The lowest BCUT2D eigenvalue weighted by atomic mass is 9.72. The second-order valence-corrected chi connectivity index (χ2v) is 8.49. The van der Waals surface area contributed by atoms with Crippen LogP contribution < -0.4 is 5.32 Å². The molecule has 2 aromatic rings. The van der Waals surface area contributed by atoms with E-state index < -0.39 is 0 Å². The zero-order chi connectivity index (χ0) is 19.8. The standard InChI is InChI=1S/C23H18BrClN2O/c1-13-18(12-26)22(17-4-2-3-5-19(17)24)23-20(27-13)10-15(11-21(23)28)14-6-8-16(25)9-7-14/h2-9,15,22,27H,10-11H2,1H3/t15-,22-/m1/s1. The molecule has 140 valence electrons. The van der Waals surface area contributed by atoms with Gasteiger partial charge in [0, 0.05) is 32.9 Å². The van der Waals surface area contributed by atoms with E-state index >= 15 is 0 Å². The molecule has 1 aliphatic carbocycles. The quantitative estimate of drug-likeness (QED) is 0.608. The Labute approximate surface area is 177 Å². The van der Waals surface area contributed by atoms with Crippen molar-refractivity contribution in [3.63, 3.8) is 0 Å². The SMILES string of the molecule is CC1=C(C#N)[C@@H](c2ccccc2Br)C2=C(C[C@@H](c3ccc(Cl)cc3)CC2=O)N1. The summed E-state index contributed by atoms with van der Waals surface area (Å²) in [6.07, 6.45) is 1.17. The van der Waals surface area contributed by atoms with Gasteiger partial charge in [-0.3, -0.25) is 4.79 Å². The largest absolute Gasteiger partial charge is 0.361 e. The Bertz CT molecular complexity index is 1060. The number of benzene rings is 2. The normalized spacial score (nSPS) is 21.9. The van der Waals surface area contributed by atoms with Crippen LogP contribution in [0.3, 0.4) is 0 Å². The van der Waals surface area contributed by atoms with E-state index in [0.29, 0.717) is 17.0 Å². The third kappa shape index (κ3) is 3.30. The molecular weight excluding hydrogens is 436 g/mol. The second kappa shape index (κ2) is 7.58. The van der Waals surface area contributed by atoms with E-state index in [1.54, 1.807) is 0 Å². The minimum absolute atomic E-state index is 0.0923. The lowest BCUT2D eigenvalue weighted by Gasteiger charge is -2.36. The predicted molar refractivity (Wildman–Crippen MR) is 114 cm³/mol. The molecule has 5 heteroatoms. The van der Waals surface area contributed by atoms with Crippen molar-refractivity contribution in [3.05, 3.63) is 91.7 Å². The summed E-state index contributed by atoms with van der Waals surface area (Å²) in [6, 6.07) is 17.8. The van der Waals surface area contributed by atoms with Crippen molar-refractivity contribution in [1.82, 2.24) is 5.32 Å². The Morgan fingerprint density at radius 2 is 1.86 bits per heavy atom. The number of rotatable bonds is 2. The number of nitrogens with one attached hydrogen (secondary N) is 1. The molecule has 1 heterocycles. The molecule has 0 saturated heterocycles. The molecule has 2 atom stereocenters. The molecule has 0 unspecified atom stereocenters. The topological polar surface area (TPSA) is 52.9 Å². The van der Waals surface area contributed by atoms with E-state index in [4.69, 9.17) is 11.6 Å². The van der Waals surface area contributed by atoms with Crippen molar-refractivity contribution in [2.45, 2.75) is 31.6 Å². The predicted octanol–water partition coefficient (Wildman–Crippen LogP) is 5.99. The van der Waals surface area contributed by atoms with Crippen molar-refractivity contribution in [2.24, 2.45) is 0 Å². The van der Waals surface area contributed by atoms with Gasteiger partial charge in [-0.2, -0.15) is 5.26 Å². The molecule has 0 aromatic heterocycles. The maximum Gasteiger partial charge on any atom is 0.162 e. The van der Waals surface area contributed by atoms with Crippen LogP contribution in [0.1, 0.15) is 42.7 Å². The van der Waals surface area contributed by atoms with Crippen LogP contribution in [0.4, 0.5) is 0 Å². The average Bonchev–Trinajstić information content (AvgIpc) is 2.68. The Balaban J connectivity index is 1.80. The highest BCUT2D eigenvalue weighted by molar-refractivity contribution is 9.10. The van der Waals surface area contributed by atoms with Gasteiger partial charge in [0.05, 0.1) is 17.6 Å². The van der Waals surface area contributed by atoms with Crippen molar-refractivity contribution in [2.75, 3.05) is 0 Å². The van der Waals surface area contributed by atoms with Gasteiger partial charge in [0.25, 0.3) is 0 Å². The molecule has 0 saturated carbocycles. The minimum atomic E-state index is -0.338. The Kier molecular flexibility index (Phi) is 5.14. The fourth-order valence-corrected chi connectivity index (χ4v) is 4.82. The molecule has 1 N–H and O–H groups in total. The summed E-state index contributed by atoms with van der Waals surface area (Å²) < 4.78 is 0.905. The number of ketones is 1. The van der Waals surface area contributed by atoms with Crippen molar-refractivity contribution in [1.29, 1.82) is 5.26 Å². The highest BCUT2D eigenvalue weighted by Crippen LogP contribution is 2.46. The molecule has 2 aliphatic rings. The first-order valence-electron chi connectivity index (χ1n) is 9.13. The van der Waals surface area contributed by atoms with E-state index in [1.165, 1.54) is 0 Å². The summed E-state index contributed by atoms with van der Waals surface area (Å²) in [7, 11) is 0. The molecule has 3 nitrogen and oxygen atoms in total. The molecule has 0 spiro atoms. The summed E-state index contributed by atoms with van der Waals surface area (Å²) in [5, 5.41) is 13.8. The van der Waals surface area contributed by atoms with Crippen LogP contribution in [0.2, 0.25) is 5.02 Å². The maximum absolute atomic E-state index is 13.3. The zero-order valence-electron chi connectivity index (χ0n) is 15.3. The summed E-state index contributed by atoms with van der Waals surface area (Å²) in [5.74, 6) is -0.141. The lowest BCUT2D eigenvalue weighted by Crippen LogP contribution is -2.33. The number of carbonyl (C=O) groups excluding carboxylic acids is 1. The van der Waals surface area contributed by atoms with Gasteiger partial charge in [-0.1, -0.05) is 57.9 Å². The molecule has 0 amide bonds. The summed E-state index contributed by atoms with van der Waals surface area (Å²) in [4.78, 5) is 13.3. The number of Topliss-reactive ketones (excluding diaryl/α,β-unsaturated/α-hetero) is 1. The second-order valence-electron chi connectivity index (χ2n) is 7.20. The summed E-state index contributed by atoms with van der Waals surface area (Å²) in [6.45, 7) is 1.91. The van der Waals surface area contributed by atoms with Gasteiger partial charge < -0.3 is 5.32 Å². The Hall–Kier alpha value is -2.35. The van der Waals surface area contributed by atoms with Crippen LogP contribution in [0.5, 0.6) is 0 Å². The average molecular weight is 454 g/mol. The van der Waals surface area contributed by atoms with Crippen molar-refractivity contribution >= 4 is 33.3 Å². The van der Waals surface area contributed by atoms with Gasteiger partial charge in [0.15, 0.2) is 5.78 Å². The third-order valence-corrected chi connectivity index (χ3v) is 6.48. The van der Waals surface area contributed by atoms with E-state index in [0.717, 1.165) is 39.0 Å². The van der Waals surface area contributed by atoms with E-state index in [2.05, 4.69) is 27.3 Å². The Morgan fingerprint density at radius 3 is 2.54 bits per heavy atom. The highest BCUT2D eigenvalue weighted by atomic mass is 79.9. The van der Waals surface area contributed by atoms with Crippen LogP contribution in [0, 0.1) is 11.3 Å². The first kappa shape index (κ1) is 19.0. The van der Waals surface area contributed by atoms with E-state index in [9.17, 15) is 10.1 Å². The molecule has 28 heavy (non-hydrogen) atoms. The van der Waals surface area contributed by atoms with Crippen LogP contribution in [0.25, 0.3) is 0 Å². The van der Waals surface area contributed by atoms with E-state index in [-0.39, 0.29) is 17.6 Å². The van der Waals surface area contributed by atoms with Crippen LogP contribution in [-0.2, 0) is 4.79 Å². The molecule has 0 fully saturated rings. The van der Waals surface area contributed by atoms with Gasteiger partial charge in [-0.05, 0) is 48.6 Å². The molecule has 2 aromatic carbocycles. The van der Waals surface area contributed by atoms with Gasteiger partial charge >= 0.3 is 0 Å². The first-order chi connectivity index (χ1) is 13.5. The van der Waals surface area contributed by atoms with Gasteiger partial charge in [0.2, 0.25) is 0 Å². The van der Waals surface area contributed by atoms with Gasteiger partial charge in [-0.25, -0.2) is 0 Å². The molecule has 4 rings (SSSR count). The van der Waals surface area contributed by atoms with Gasteiger partial charge in [0.1, 0.15) is 0 Å². The molecule has 0 radical (unpaired) electrons. The van der Waals surface area contributed by atoms with Crippen LogP contribution >= 0.6 is 27.5 Å². The van der Waals surface area contributed by atoms with Crippen LogP contribution in [0.15, 0.2) is 75.5 Å². The summed E-state index contributed by atoms with van der Waals surface area (Å²) >= 11 is 9.61. The molecule has 1 aliphatic heterocycles. The smallest absolute Gasteiger partial charge is 0.162 e. The van der Waals surface area contributed by atoms with Crippen molar-refractivity contribution in [3.8, 4) is 6.07 Å². The minimum Gasteiger partial charge on any atom is -0.361 e. The number of halogens is 2. The number of carbonyl (C=O) groups is 1. The number of nitrogens with zero attached hydrogens (tertiary/aromatic N) is 1. The lowest BCUT2D eigenvalue weighted by molar-refractivity contribution is -0.116. The molecule has 0 bridgehead atoms. The highest BCUT2D eigenvalue weighted by Gasteiger charge is 2.39. The Morgan fingerprint density at radius 1 is 1.14 bits per heavy atom. The van der Waals surface area contributed by atoms with Crippen molar-refractivity contribution < 1.29 is 4.79 Å². The monoisotopic (exact) mass is 452 g/mol. The number of allylic oxidation sites excluding steroid dienone is 4. The fraction of sp³-hybridized carbons (Fsp3) is 0.217. The first-order valence-corrected chi connectivity index (χ1v) is 10.3. The number of nitriles is 1. The van der Waals surface area contributed by atoms with E-state index in [1.807, 2.05) is 55.5 Å². The van der Waals surface area contributed by atoms with Crippen LogP contribution in [-0.4, -0.2) is 5.78 Å². The zero-order valence-corrected chi connectivity index (χ0v) is 17.6.